The highest BCUT2D eigenvalue weighted by Gasteiger charge is 2.33. The number of aromatic nitrogens is 1. The van der Waals surface area contributed by atoms with Gasteiger partial charge < -0.3 is 14.2 Å². The lowest BCUT2D eigenvalue weighted by Gasteiger charge is -2.16. The number of ether oxygens (including phenoxy) is 1. The third kappa shape index (κ3) is 3.37. The lowest BCUT2D eigenvalue weighted by atomic mass is 10.1. The molecule has 0 aliphatic heterocycles. The highest BCUT2D eigenvalue weighted by Crippen LogP contribution is 2.31. The summed E-state index contributed by atoms with van der Waals surface area (Å²) in [6, 6.07) is 0. The third-order valence-corrected chi connectivity index (χ3v) is 4.51. The zero-order chi connectivity index (χ0) is 18.0. The summed E-state index contributed by atoms with van der Waals surface area (Å²) >= 11 is 0. The van der Waals surface area contributed by atoms with Crippen molar-refractivity contribution in [3.05, 3.63) is 22.5 Å². The molecule has 132 valence electrons. The minimum Gasteiger partial charge on any atom is -0.461 e. The van der Waals surface area contributed by atoms with Crippen molar-refractivity contribution >= 4 is 17.7 Å². The van der Waals surface area contributed by atoms with Gasteiger partial charge in [-0.2, -0.15) is 0 Å². The van der Waals surface area contributed by atoms with Crippen LogP contribution in [0.25, 0.3) is 0 Å². The molecule has 0 aromatic carbocycles. The van der Waals surface area contributed by atoms with Gasteiger partial charge in [-0.1, -0.05) is 0 Å². The van der Waals surface area contributed by atoms with Crippen molar-refractivity contribution in [1.82, 2.24) is 9.47 Å². The van der Waals surface area contributed by atoms with Gasteiger partial charge in [-0.05, 0) is 46.1 Å². The Bertz CT molecular complexity index is 671. The molecule has 0 spiro atoms. The lowest BCUT2D eigenvalue weighted by molar-refractivity contribution is -0.130. The maximum atomic E-state index is 12.7. The van der Waals surface area contributed by atoms with E-state index in [1.54, 1.807) is 20.9 Å². The Morgan fingerprint density at radius 1 is 1.21 bits per heavy atom. The van der Waals surface area contributed by atoms with Crippen LogP contribution in [0.15, 0.2) is 0 Å². The van der Waals surface area contributed by atoms with Gasteiger partial charge in [0.1, 0.15) is 5.69 Å². The second-order valence-electron chi connectivity index (χ2n) is 6.29. The molecule has 6 nitrogen and oxygen atoms in total. The molecule has 0 unspecified atom stereocenters. The molecule has 1 aromatic rings. The van der Waals surface area contributed by atoms with Gasteiger partial charge in [0.2, 0.25) is 5.91 Å². The first-order chi connectivity index (χ1) is 11.3. The number of esters is 1. The summed E-state index contributed by atoms with van der Waals surface area (Å²) in [4.78, 5) is 38.5. The van der Waals surface area contributed by atoms with Crippen LogP contribution in [-0.4, -0.2) is 47.3 Å². The van der Waals surface area contributed by atoms with Gasteiger partial charge in [0.15, 0.2) is 5.78 Å². The zero-order valence-electron chi connectivity index (χ0n) is 15.1. The van der Waals surface area contributed by atoms with Crippen molar-refractivity contribution in [3.63, 3.8) is 0 Å². The molecule has 0 atom stereocenters. The minimum atomic E-state index is -0.415. The minimum absolute atomic E-state index is 0.0270. The van der Waals surface area contributed by atoms with Gasteiger partial charge in [0.05, 0.1) is 13.2 Å². The highest BCUT2D eigenvalue weighted by atomic mass is 16.5. The first kappa shape index (κ1) is 18.2. The van der Waals surface area contributed by atoms with Crippen LogP contribution in [0, 0.1) is 19.8 Å². The molecule has 1 aliphatic rings. The maximum Gasteiger partial charge on any atom is 0.355 e. The fraction of sp³-hybridized carbons (Fsp3) is 0.611. The van der Waals surface area contributed by atoms with Crippen LogP contribution in [0.4, 0.5) is 0 Å². The molecule has 6 heteroatoms. The summed E-state index contributed by atoms with van der Waals surface area (Å²) in [5.41, 5.74) is 2.33. The Labute approximate surface area is 142 Å². The van der Waals surface area contributed by atoms with Crippen molar-refractivity contribution in [1.29, 1.82) is 0 Å². The number of ketones is 1. The van der Waals surface area contributed by atoms with Gasteiger partial charge in [0, 0.05) is 30.8 Å². The number of carbonyl (C=O) groups is 3. The smallest absolute Gasteiger partial charge is 0.355 e. The molecule has 2 rings (SSSR count). The summed E-state index contributed by atoms with van der Waals surface area (Å²) in [5.74, 6) is -0.444. The SMILES string of the molecule is CCOC(=O)c1c(C)c(C(=O)CN(C)C(=O)C2CC2)c(C)n1CC. The first-order valence-corrected chi connectivity index (χ1v) is 8.48. The van der Waals surface area contributed by atoms with E-state index in [4.69, 9.17) is 4.74 Å². The largest absolute Gasteiger partial charge is 0.461 e. The predicted molar refractivity (Wildman–Crippen MR) is 90.2 cm³/mol. The van der Waals surface area contributed by atoms with Crippen LogP contribution < -0.4 is 0 Å². The number of hydrogen-bond acceptors (Lipinski definition) is 4. The van der Waals surface area contributed by atoms with Crippen LogP contribution in [0.2, 0.25) is 0 Å². The third-order valence-electron chi connectivity index (χ3n) is 4.51. The van der Waals surface area contributed by atoms with Crippen LogP contribution in [0.1, 0.15) is 58.8 Å². The van der Waals surface area contributed by atoms with E-state index in [2.05, 4.69) is 0 Å². The Hall–Kier alpha value is -2.11. The fourth-order valence-corrected chi connectivity index (χ4v) is 3.18. The predicted octanol–water partition coefficient (Wildman–Crippen LogP) is 2.35. The molecule has 0 N–H and O–H groups in total. The topological polar surface area (TPSA) is 68.6 Å². The van der Waals surface area contributed by atoms with Crippen LogP contribution in [-0.2, 0) is 16.1 Å². The van der Waals surface area contributed by atoms with E-state index in [1.165, 1.54) is 4.90 Å². The number of nitrogens with zero attached hydrogens (tertiary/aromatic N) is 2. The van der Waals surface area contributed by atoms with E-state index in [0.717, 1.165) is 18.5 Å². The molecule has 1 aromatic heterocycles. The van der Waals surface area contributed by atoms with E-state index in [0.29, 0.717) is 23.4 Å². The number of hydrogen-bond donors (Lipinski definition) is 0. The number of carbonyl (C=O) groups excluding carboxylic acids is 3. The average molecular weight is 334 g/mol. The van der Waals surface area contributed by atoms with Crippen molar-refractivity contribution in [2.45, 2.75) is 47.1 Å². The molecule has 1 aliphatic carbocycles. The number of Topliss-reactive ketones (excluding diaryl/α,β-unsaturated/α-hetero) is 1. The van der Waals surface area contributed by atoms with Crippen molar-refractivity contribution in [3.8, 4) is 0 Å². The van der Waals surface area contributed by atoms with Gasteiger partial charge in [-0.25, -0.2) is 4.79 Å². The number of amides is 1. The van der Waals surface area contributed by atoms with Gasteiger partial charge in [-0.3, -0.25) is 9.59 Å². The summed E-state index contributed by atoms with van der Waals surface area (Å²) in [6.07, 6.45) is 1.82. The molecule has 0 bridgehead atoms. The molecular weight excluding hydrogens is 308 g/mol. The van der Waals surface area contributed by atoms with Crippen LogP contribution in [0.3, 0.4) is 0 Å². The van der Waals surface area contributed by atoms with E-state index in [1.807, 2.05) is 18.4 Å². The normalized spacial score (nSPS) is 13.7. The standard InChI is InChI=1S/C18H26N2O4/c1-6-20-12(4)15(11(3)16(20)18(23)24-7-2)14(21)10-19(5)17(22)13-8-9-13/h13H,6-10H2,1-5H3. The first-order valence-electron chi connectivity index (χ1n) is 8.48. The van der Waals surface area contributed by atoms with Crippen molar-refractivity contribution in [2.75, 3.05) is 20.2 Å². The van der Waals surface area contributed by atoms with E-state index in [9.17, 15) is 14.4 Å². The molecule has 0 saturated heterocycles. The second-order valence-corrected chi connectivity index (χ2v) is 6.29. The van der Waals surface area contributed by atoms with Crippen molar-refractivity contribution in [2.24, 2.45) is 5.92 Å². The summed E-state index contributed by atoms with van der Waals surface area (Å²) in [5, 5.41) is 0. The summed E-state index contributed by atoms with van der Waals surface area (Å²) < 4.78 is 6.93. The summed E-state index contributed by atoms with van der Waals surface area (Å²) in [7, 11) is 1.66. The maximum absolute atomic E-state index is 12.7. The van der Waals surface area contributed by atoms with Crippen molar-refractivity contribution < 1.29 is 19.1 Å². The Morgan fingerprint density at radius 3 is 2.33 bits per heavy atom. The quantitative estimate of drug-likeness (QED) is 0.567. The van der Waals surface area contributed by atoms with Crippen LogP contribution >= 0.6 is 0 Å². The molecule has 0 radical (unpaired) electrons. The Kier molecular flexibility index (Phi) is 5.47. The number of likely N-dealkylation sites (N-methyl/N-ethyl adjacent to an activating group) is 1. The average Bonchev–Trinajstić information content (AvgIpc) is 3.32. The number of rotatable bonds is 7. The second kappa shape index (κ2) is 7.20. The molecule has 1 saturated carbocycles. The van der Waals surface area contributed by atoms with E-state index in [-0.39, 0.29) is 30.8 Å². The van der Waals surface area contributed by atoms with Gasteiger partial charge in [-0.15, -0.1) is 0 Å². The van der Waals surface area contributed by atoms with Gasteiger partial charge >= 0.3 is 5.97 Å². The molecule has 24 heavy (non-hydrogen) atoms. The lowest BCUT2D eigenvalue weighted by Crippen LogP contribution is -2.33. The Balaban J connectivity index is 2.30. The van der Waals surface area contributed by atoms with Gasteiger partial charge in [0.25, 0.3) is 0 Å². The molecular formula is C18H26N2O4. The Morgan fingerprint density at radius 2 is 1.83 bits per heavy atom. The zero-order valence-corrected chi connectivity index (χ0v) is 15.1. The highest BCUT2D eigenvalue weighted by molar-refractivity contribution is 6.04. The molecule has 1 amide bonds. The molecule has 1 heterocycles. The fourth-order valence-electron chi connectivity index (χ4n) is 3.18. The van der Waals surface area contributed by atoms with E-state index < -0.39 is 5.97 Å². The van der Waals surface area contributed by atoms with E-state index >= 15 is 0 Å². The summed E-state index contributed by atoms with van der Waals surface area (Å²) in [6.45, 7) is 8.17. The molecule has 1 fully saturated rings. The monoisotopic (exact) mass is 334 g/mol. The van der Waals surface area contributed by atoms with Crippen LogP contribution in [0.5, 0.6) is 0 Å².